The first kappa shape index (κ1) is 19.4. The van der Waals surface area contributed by atoms with E-state index in [1.54, 1.807) is 6.07 Å². The molecule has 0 aromatic heterocycles. The van der Waals surface area contributed by atoms with Crippen LogP contribution >= 0.6 is 0 Å². The third kappa shape index (κ3) is 4.81. The number of hydrogen-bond donors (Lipinski definition) is 1. The number of benzene rings is 2. The standard InChI is InChI=1S/C19H25NO4S/c1-3-12-24-19-11-10-18(13-17(19)15-21)25(22,23)20(4-2)14-16-8-6-5-7-9-16/h5-11,13,21H,3-4,12,14-15H2,1-2H3. The number of rotatable bonds is 9. The maximum atomic E-state index is 13.0. The number of hydrogen-bond acceptors (Lipinski definition) is 4. The Labute approximate surface area is 149 Å². The summed E-state index contributed by atoms with van der Waals surface area (Å²) < 4.78 is 32.9. The second kappa shape index (κ2) is 8.99. The Hall–Kier alpha value is -1.89. The molecule has 1 N–H and O–H groups in total. The van der Waals surface area contributed by atoms with Gasteiger partial charge in [0.15, 0.2) is 0 Å². The lowest BCUT2D eigenvalue weighted by Crippen LogP contribution is -2.30. The number of sulfonamides is 1. The van der Waals surface area contributed by atoms with Crippen LogP contribution in [0.2, 0.25) is 0 Å². The monoisotopic (exact) mass is 363 g/mol. The average molecular weight is 363 g/mol. The van der Waals surface area contributed by atoms with Gasteiger partial charge in [0.05, 0.1) is 18.1 Å². The second-order valence-corrected chi connectivity index (χ2v) is 7.63. The molecule has 2 aromatic rings. The van der Waals surface area contributed by atoms with E-state index in [4.69, 9.17) is 4.74 Å². The highest BCUT2D eigenvalue weighted by molar-refractivity contribution is 7.89. The lowest BCUT2D eigenvalue weighted by molar-refractivity contribution is 0.262. The summed E-state index contributed by atoms with van der Waals surface area (Å²) in [4.78, 5) is 0.165. The van der Waals surface area contributed by atoms with Crippen molar-refractivity contribution < 1.29 is 18.3 Å². The summed E-state index contributed by atoms with van der Waals surface area (Å²) in [5.74, 6) is 0.523. The molecule has 0 aliphatic rings. The quantitative estimate of drug-likeness (QED) is 0.743. The van der Waals surface area contributed by atoms with Crippen LogP contribution in [-0.2, 0) is 23.2 Å². The molecule has 0 amide bonds. The zero-order valence-electron chi connectivity index (χ0n) is 14.7. The van der Waals surface area contributed by atoms with Crippen LogP contribution in [0, 0.1) is 0 Å². The lowest BCUT2D eigenvalue weighted by Gasteiger charge is -2.21. The average Bonchev–Trinajstić information content (AvgIpc) is 2.64. The van der Waals surface area contributed by atoms with Crippen molar-refractivity contribution in [2.45, 2.75) is 38.3 Å². The zero-order chi connectivity index (χ0) is 18.3. The van der Waals surface area contributed by atoms with E-state index in [1.165, 1.54) is 16.4 Å². The molecule has 0 spiro atoms. The van der Waals surface area contributed by atoms with Gasteiger partial charge in [-0.15, -0.1) is 0 Å². The van der Waals surface area contributed by atoms with Crippen molar-refractivity contribution >= 4 is 10.0 Å². The van der Waals surface area contributed by atoms with E-state index in [9.17, 15) is 13.5 Å². The lowest BCUT2D eigenvalue weighted by atomic mass is 10.2. The Morgan fingerprint density at radius 1 is 1.08 bits per heavy atom. The highest BCUT2D eigenvalue weighted by Crippen LogP contribution is 2.26. The van der Waals surface area contributed by atoms with Crippen molar-refractivity contribution in [2.24, 2.45) is 0 Å². The molecule has 0 unspecified atom stereocenters. The van der Waals surface area contributed by atoms with Gasteiger partial charge in [-0.25, -0.2) is 8.42 Å². The molecule has 6 heteroatoms. The van der Waals surface area contributed by atoms with Crippen LogP contribution in [-0.4, -0.2) is 31.0 Å². The minimum Gasteiger partial charge on any atom is -0.493 e. The minimum atomic E-state index is -3.65. The molecule has 25 heavy (non-hydrogen) atoms. The van der Waals surface area contributed by atoms with Crippen molar-refractivity contribution in [3.63, 3.8) is 0 Å². The largest absolute Gasteiger partial charge is 0.493 e. The molecule has 0 atom stereocenters. The first-order chi connectivity index (χ1) is 12.0. The van der Waals surface area contributed by atoms with Crippen LogP contribution in [0.5, 0.6) is 5.75 Å². The molecular formula is C19H25NO4S. The van der Waals surface area contributed by atoms with Crippen molar-refractivity contribution in [3.8, 4) is 5.75 Å². The highest BCUT2D eigenvalue weighted by Gasteiger charge is 2.24. The van der Waals surface area contributed by atoms with Crippen molar-refractivity contribution in [1.29, 1.82) is 0 Å². The zero-order valence-corrected chi connectivity index (χ0v) is 15.5. The van der Waals surface area contributed by atoms with E-state index in [0.29, 0.717) is 31.0 Å². The van der Waals surface area contributed by atoms with E-state index >= 15 is 0 Å². The fraction of sp³-hybridized carbons (Fsp3) is 0.368. The fourth-order valence-electron chi connectivity index (χ4n) is 2.50. The molecular weight excluding hydrogens is 338 g/mol. The van der Waals surface area contributed by atoms with Crippen molar-refractivity contribution in [1.82, 2.24) is 4.31 Å². The summed E-state index contributed by atoms with van der Waals surface area (Å²) in [5, 5.41) is 9.55. The van der Waals surface area contributed by atoms with Gasteiger partial charge < -0.3 is 9.84 Å². The van der Waals surface area contributed by atoms with E-state index < -0.39 is 10.0 Å². The number of nitrogens with zero attached hydrogens (tertiary/aromatic N) is 1. The third-order valence-corrected chi connectivity index (χ3v) is 5.77. The van der Waals surface area contributed by atoms with Crippen molar-refractivity contribution in [3.05, 3.63) is 59.7 Å². The Morgan fingerprint density at radius 3 is 2.40 bits per heavy atom. The van der Waals surface area contributed by atoms with Crippen LogP contribution in [0.25, 0.3) is 0 Å². The van der Waals surface area contributed by atoms with Crippen LogP contribution < -0.4 is 4.74 Å². The van der Waals surface area contributed by atoms with E-state index in [-0.39, 0.29) is 11.5 Å². The number of aliphatic hydroxyl groups excluding tert-OH is 1. The molecule has 0 radical (unpaired) electrons. The maximum Gasteiger partial charge on any atom is 0.243 e. The van der Waals surface area contributed by atoms with Gasteiger partial charge in [0, 0.05) is 18.7 Å². The second-order valence-electron chi connectivity index (χ2n) is 5.69. The molecule has 0 bridgehead atoms. The Balaban J connectivity index is 2.30. The summed E-state index contributed by atoms with van der Waals surface area (Å²) >= 11 is 0. The smallest absolute Gasteiger partial charge is 0.243 e. The molecule has 2 aromatic carbocycles. The molecule has 0 aliphatic heterocycles. The topological polar surface area (TPSA) is 66.8 Å². The van der Waals surface area contributed by atoms with Crippen LogP contribution in [0.1, 0.15) is 31.4 Å². The van der Waals surface area contributed by atoms with Gasteiger partial charge in [0.1, 0.15) is 5.75 Å². The third-order valence-electron chi connectivity index (χ3n) is 3.86. The maximum absolute atomic E-state index is 13.0. The van der Waals surface area contributed by atoms with Crippen molar-refractivity contribution in [2.75, 3.05) is 13.2 Å². The molecule has 5 nitrogen and oxygen atoms in total. The van der Waals surface area contributed by atoms with Gasteiger partial charge in [-0.3, -0.25) is 0 Å². The van der Waals surface area contributed by atoms with Gasteiger partial charge in [0.25, 0.3) is 0 Å². The van der Waals surface area contributed by atoms with Crippen LogP contribution in [0.15, 0.2) is 53.4 Å². The Bertz CT molecular complexity index is 775. The first-order valence-electron chi connectivity index (χ1n) is 8.43. The normalized spacial score (nSPS) is 11.7. The molecule has 0 fully saturated rings. The van der Waals surface area contributed by atoms with E-state index in [2.05, 4.69) is 0 Å². The fourth-order valence-corrected chi connectivity index (χ4v) is 3.98. The summed E-state index contributed by atoms with van der Waals surface area (Å²) in [6.07, 6.45) is 0.839. The molecule has 136 valence electrons. The van der Waals surface area contributed by atoms with Gasteiger partial charge >= 0.3 is 0 Å². The van der Waals surface area contributed by atoms with Gasteiger partial charge in [-0.1, -0.05) is 44.2 Å². The Kier molecular flexibility index (Phi) is 6.99. The van der Waals surface area contributed by atoms with Gasteiger partial charge in [-0.05, 0) is 30.2 Å². The highest BCUT2D eigenvalue weighted by atomic mass is 32.2. The summed E-state index contributed by atoms with van der Waals surface area (Å²) in [5.41, 5.74) is 1.41. The predicted molar refractivity (Wildman–Crippen MR) is 97.9 cm³/mol. The van der Waals surface area contributed by atoms with E-state index in [1.807, 2.05) is 44.2 Å². The van der Waals surface area contributed by atoms with Gasteiger partial charge in [-0.2, -0.15) is 4.31 Å². The number of ether oxygens (including phenoxy) is 1. The molecule has 0 saturated heterocycles. The summed E-state index contributed by atoms with van der Waals surface area (Å²) in [6, 6.07) is 14.1. The summed E-state index contributed by atoms with van der Waals surface area (Å²) in [6.45, 7) is 4.72. The first-order valence-corrected chi connectivity index (χ1v) is 9.87. The number of aliphatic hydroxyl groups is 1. The Morgan fingerprint density at radius 2 is 1.80 bits per heavy atom. The van der Waals surface area contributed by atoms with Gasteiger partial charge in [0.2, 0.25) is 10.0 Å². The predicted octanol–water partition coefficient (Wildman–Crippen LogP) is 3.18. The molecule has 0 saturated carbocycles. The van der Waals surface area contributed by atoms with Crippen LogP contribution in [0.4, 0.5) is 0 Å². The summed E-state index contributed by atoms with van der Waals surface area (Å²) in [7, 11) is -3.65. The molecule has 0 aliphatic carbocycles. The van der Waals surface area contributed by atoms with Crippen LogP contribution in [0.3, 0.4) is 0 Å². The minimum absolute atomic E-state index is 0.165. The van der Waals surface area contributed by atoms with E-state index in [0.717, 1.165) is 12.0 Å². The molecule has 0 heterocycles. The molecule has 2 rings (SSSR count). The SMILES string of the molecule is CCCOc1ccc(S(=O)(=O)N(CC)Cc2ccccc2)cc1CO.